The Hall–Kier alpha value is -3.35. The third kappa shape index (κ3) is 5.58. The number of fused-ring (bicyclic) bond motifs is 3. The molecule has 0 heterocycles. The Morgan fingerprint density at radius 1 is 1.03 bits per heavy atom. The SMILES string of the molecule is CC(C)CC1CC1NC(=O)C(CCC(=O)O)NC(=O)OCC1c2ccccc2-c2ccccc21. The van der Waals surface area contributed by atoms with Crippen LogP contribution in [0.1, 0.15) is 56.6 Å². The van der Waals surface area contributed by atoms with Crippen LogP contribution in [0, 0.1) is 11.8 Å². The van der Waals surface area contributed by atoms with Gasteiger partial charge in [0.1, 0.15) is 12.6 Å². The molecule has 2 amide bonds. The van der Waals surface area contributed by atoms with Gasteiger partial charge >= 0.3 is 12.1 Å². The number of carboxylic acid groups (broad SMARTS) is 1. The quantitative estimate of drug-likeness (QED) is 0.486. The van der Waals surface area contributed by atoms with Gasteiger partial charge in [-0.3, -0.25) is 9.59 Å². The molecule has 1 saturated carbocycles. The number of aliphatic carboxylic acids is 1. The predicted octanol–water partition coefficient (Wildman–Crippen LogP) is 4.31. The van der Waals surface area contributed by atoms with Crippen molar-refractivity contribution in [1.29, 1.82) is 0 Å². The minimum Gasteiger partial charge on any atom is -0.481 e. The molecule has 1 fully saturated rings. The third-order valence-corrected chi connectivity index (χ3v) is 6.62. The van der Waals surface area contributed by atoms with Crippen LogP contribution in [-0.2, 0) is 14.3 Å². The molecule has 3 unspecified atom stereocenters. The van der Waals surface area contributed by atoms with Crippen molar-refractivity contribution < 1.29 is 24.2 Å². The molecule has 0 saturated heterocycles. The van der Waals surface area contributed by atoms with Gasteiger partial charge in [-0.15, -0.1) is 0 Å². The first-order valence-electron chi connectivity index (χ1n) is 12.0. The highest BCUT2D eigenvalue weighted by molar-refractivity contribution is 5.86. The molecule has 0 aromatic heterocycles. The Morgan fingerprint density at radius 2 is 1.65 bits per heavy atom. The number of ether oxygens (including phenoxy) is 1. The highest BCUT2D eigenvalue weighted by atomic mass is 16.5. The molecule has 7 nitrogen and oxygen atoms in total. The van der Waals surface area contributed by atoms with Crippen LogP contribution in [0.25, 0.3) is 11.1 Å². The summed E-state index contributed by atoms with van der Waals surface area (Å²) in [6.45, 7) is 4.42. The van der Waals surface area contributed by atoms with Crippen molar-refractivity contribution in [3.05, 3.63) is 59.7 Å². The second kappa shape index (κ2) is 10.3. The molecular weight excluding hydrogens is 432 g/mol. The van der Waals surface area contributed by atoms with E-state index in [9.17, 15) is 14.4 Å². The minimum atomic E-state index is -1.02. The summed E-state index contributed by atoms with van der Waals surface area (Å²) < 4.78 is 5.54. The second-order valence-electron chi connectivity index (χ2n) is 9.70. The van der Waals surface area contributed by atoms with E-state index in [2.05, 4.69) is 36.6 Å². The van der Waals surface area contributed by atoms with Gasteiger partial charge in [-0.2, -0.15) is 0 Å². The van der Waals surface area contributed by atoms with E-state index in [0.717, 1.165) is 35.1 Å². The van der Waals surface area contributed by atoms with Gasteiger partial charge in [0.15, 0.2) is 0 Å². The van der Waals surface area contributed by atoms with Crippen molar-refractivity contribution in [3.63, 3.8) is 0 Å². The zero-order chi connectivity index (χ0) is 24.2. The Labute approximate surface area is 199 Å². The van der Waals surface area contributed by atoms with E-state index in [0.29, 0.717) is 11.8 Å². The van der Waals surface area contributed by atoms with Gasteiger partial charge in [-0.25, -0.2) is 4.79 Å². The van der Waals surface area contributed by atoms with Gasteiger partial charge in [-0.1, -0.05) is 62.4 Å². The first-order chi connectivity index (χ1) is 16.3. The summed E-state index contributed by atoms with van der Waals surface area (Å²) in [5, 5.41) is 14.6. The first-order valence-corrected chi connectivity index (χ1v) is 12.0. The van der Waals surface area contributed by atoms with Crippen molar-refractivity contribution in [2.24, 2.45) is 11.8 Å². The topological polar surface area (TPSA) is 105 Å². The number of nitrogens with one attached hydrogen (secondary N) is 2. The minimum absolute atomic E-state index is 0.00687. The molecule has 2 aliphatic rings. The summed E-state index contributed by atoms with van der Waals surface area (Å²) in [7, 11) is 0. The van der Waals surface area contributed by atoms with Gasteiger partial charge < -0.3 is 20.5 Å². The fourth-order valence-electron chi connectivity index (χ4n) is 4.89. The molecule has 2 aliphatic carbocycles. The summed E-state index contributed by atoms with van der Waals surface area (Å²) in [6, 6.07) is 15.2. The molecule has 3 atom stereocenters. The zero-order valence-electron chi connectivity index (χ0n) is 19.6. The molecule has 0 bridgehead atoms. The summed E-state index contributed by atoms with van der Waals surface area (Å²) in [6.07, 6.45) is 1.02. The molecular formula is C27H32N2O5. The smallest absolute Gasteiger partial charge is 0.407 e. The zero-order valence-corrected chi connectivity index (χ0v) is 19.6. The Morgan fingerprint density at radius 3 is 2.24 bits per heavy atom. The summed E-state index contributed by atoms with van der Waals surface area (Å²) in [5.74, 6) is -0.470. The van der Waals surface area contributed by atoms with E-state index >= 15 is 0 Å². The molecule has 2 aromatic rings. The molecule has 34 heavy (non-hydrogen) atoms. The van der Waals surface area contributed by atoms with E-state index < -0.39 is 18.1 Å². The van der Waals surface area contributed by atoms with Gasteiger partial charge in [-0.05, 0) is 53.4 Å². The van der Waals surface area contributed by atoms with Gasteiger partial charge in [0, 0.05) is 18.4 Å². The summed E-state index contributed by atoms with van der Waals surface area (Å²) in [4.78, 5) is 36.5. The van der Waals surface area contributed by atoms with E-state index in [1.54, 1.807) is 0 Å². The maximum atomic E-state index is 12.8. The number of carboxylic acids is 1. The average Bonchev–Trinajstić information content (AvgIpc) is 3.43. The molecule has 0 spiro atoms. The van der Waals surface area contributed by atoms with Crippen LogP contribution >= 0.6 is 0 Å². The van der Waals surface area contributed by atoms with Crippen LogP contribution in [0.15, 0.2) is 48.5 Å². The van der Waals surface area contributed by atoms with Crippen molar-refractivity contribution in [3.8, 4) is 11.1 Å². The number of benzene rings is 2. The normalized spacial score (nSPS) is 19.1. The van der Waals surface area contributed by atoms with Crippen LogP contribution in [0.4, 0.5) is 4.79 Å². The molecule has 3 N–H and O–H groups in total. The fraction of sp³-hybridized carbons (Fsp3) is 0.444. The lowest BCUT2D eigenvalue weighted by atomic mass is 9.98. The third-order valence-electron chi connectivity index (χ3n) is 6.62. The van der Waals surface area contributed by atoms with E-state index in [-0.39, 0.29) is 37.3 Å². The summed E-state index contributed by atoms with van der Waals surface area (Å²) in [5.41, 5.74) is 4.46. The molecule has 180 valence electrons. The van der Waals surface area contributed by atoms with Gasteiger partial charge in [0.05, 0.1) is 0 Å². The van der Waals surface area contributed by atoms with E-state index in [1.165, 1.54) is 0 Å². The van der Waals surface area contributed by atoms with E-state index in [1.807, 2.05) is 36.4 Å². The van der Waals surface area contributed by atoms with Crippen molar-refractivity contribution in [1.82, 2.24) is 10.6 Å². The number of carbonyl (C=O) groups is 3. The highest BCUT2D eigenvalue weighted by Crippen LogP contribution is 2.44. The molecule has 7 heteroatoms. The van der Waals surface area contributed by atoms with Crippen LogP contribution in [0.5, 0.6) is 0 Å². The predicted molar refractivity (Wildman–Crippen MR) is 128 cm³/mol. The average molecular weight is 465 g/mol. The summed E-state index contributed by atoms with van der Waals surface area (Å²) >= 11 is 0. The van der Waals surface area contributed by atoms with Crippen molar-refractivity contribution in [2.45, 2.75) is 57.5 Å². The Bertz CT molecular complexity index is 1020. The van der Waals surface area contributed by atoms with E-state index in [4.69, 9.17) is 9.84 Å². The number of amides is 2. The van der Waals surface area contributed by atoms with Crippen LogP contribution < -0.4 is 10.6 Å². The van der Waals surface area contributed by atoms with Crippen molar-refractivity contribution in [2.75, 3.05) is 6.61 Å². The monoisotopic (exact) mass is 464 g/mol. The maximum Gasteiger partial charge on any atom is 0.407 e. The lowest BCUT2D eigenvalue weighted by Crippen LogP contribution is -2.48. The fourth-order valence-corrected chi connectivity index (χ4v) is 4.89. The first kappa shape index (κ1) is 23.8. The van der Waals surface area contributed by atoms with Crippen LogP contribution in [0.3, 0.4) is 0 Å². The number of hydrogen-bond donors (Lipinski definition) is 3. The lowest BCUT2D eigenvalue weighted by molar-refractivity contribution is -0.137. The number of carbonyl (C=O) groups excluding carboxylic acids is 2. The molecule has 0 radical (unpaired) electrons. The Kier molecular flexibility index (Phi) is 7.20. The number of rotatable bonds is 10. The maximum absolute atomic E-state index is 12.8. The second-order valence-corrected chi connectivity index (χ2v) is 9.70. The van der Waals surface area contributed by atoms with Crippen LogP contribution in [0.2, 0.25) is 0 Å². The molecule has 0 aliphatic heterocycles. The molecule has 4 rings (SSSR count). The lowest BCUT2D eigenvalue weighted by Gasteiger charge is -2.19. The van der Waals surface area contributed by atoms with Crippen molar-refractivity contribution >= 4 is 18.0 Å². The van der Waals surface area contributed by atoms with Gasteiger partial charge in [0.2, 0.25) is 5.91 Å². The largest absolute Gasteiger partial charge is 0.481 e. The molecule has 2 aromatic carbocycles. The van der Waals surface area contributed by atoms with Crippen LogP contribution in [-0.4, -0.2) is 41.8 Å². The van der Waals surface area contributed by atoms with Gasteiger partial charge in [0.25, 0.3) is 0 Å². The standard InChI is InChI=1S/C27H32N2O5/c1-16(2)13-17-14-24(17)28-26(32)23(11-12-25(30)31)29-27(33)34-15-22-20-9-5-3-7-18(20)19-8-4-6-10-21(19)22/h3-10,16-17,22-24H,11-15H2,1-2H3,(H,28,32)(H,29,33)(H,30,31). The number of alkyl carbamates (subject to hydrolysis) is 1. The number of hydrogen-bond acceptors (Lipinski definition) is 4. The Balaban J connectivity index is 1.36. The highest BCUT2D eigenvalue weighted by Gasteiger charge is 2.39.